The van der Waals surface area contributed by atoms with E-state index in [4.69, 9.17) is 16.2 Å². The highest BCUT2D eigenvalue weighted by atomic mass is 16.5. The molecule has 0 saturated carbocycles. The number of nitrogens with zero attached hydrogens (tertiary/aromatic N) is 4. The summed E-state index contributed by atoms with van der Waals surface area (Å²) in [7, 11) is 1.94. The zero-order valence-electron chi connectivity index (χ0n) is 21.7. The minimum Gasteiger partial charge on any atom is -0.456 e. The third-order valence-electron chi connectivity index (χ3n) is 7.49. The van der Waals surface area contributed by atoms with Crippen LogP contribution in [-0.2, 0) is 23.7 Å². The van der Waals surface area contributed by atoms with Gasteiger partial charge in [-0.15, -0.1) is 0 Å². The van der Waals surface area contributed by atoms with Crippen LogP contribution in [0.2, 0.25) is 0 Å². The van der Waals surface area contributed by atoms with Crippen LogP contribution in [0.4, 0.5) is 0 Å². The van der Waals surface area contributed by atoms with Gasteiger partial charge in [-0.3, -0.25) is 4.79 Å². The Morgan fingerprint density at radius 3 is 2.78 bits per heavy atom. The number of ether oxygens (including phenoxy) is 1. The number of imidazole rings is 1. The van der Waals surface area contributed by atoms with Gasteiger partial charge in [0, 0.05) is 51.0 Å². The van der Waals surface area contributed by atoms with E-state index in [0.29, 0.717) is 43.0 Å². The molecule has 1 aliphatic rings. The standard InChI is InChI=1S/C29H36N6O2/c1-3-29(11-4-5-13-35(14-12-30)28(29)36)23-7-6-8-25(16-23)37-27-15-21(9-10-22(27)18-31)26(32)17-24-19-33-20-34(24)2/h6-10,15-16,19-20,26H,3-5,11-14,17,30,32H2,1-2H3. The maximum Gasteiger partial charge on any atom is 0.233 e. The van der Waals surface area contributed by atoms with Crippen molar-refractivity contribution in [2.24, 2.45) is 18.5 Å². The Bertz CT molecular complexity index is 1280. The zero-order chi connectivity index (χ0) is 26.4. The summed E-state index contributed by atoms with van der Waals surface area (Å²) in [5, 5.41) is 9.72. The minimum absolute atomic E-state index is 0.135. The SMILES string of the molecule is CCC1(c2cccc(Oc3cc(C(N)Cc4cncn4C)ccc3C#N)c2)CCCCN(CCN)C1=O. The number of rotatable bonds is 9. The predicted octanol–water partition coefficient (Wildman–Crippen LogP) is 3.95. The van der Waals surface area contributed by atoms with Crippen LogP contribution in [0.1, 0.15) is 61.0 Å². The monoisotopic (exact) mass is 500 g/mol. The molecule has 0 bridgehead atoms. The molecule has 2 aromatic carbocycles. The Kier molecular flexibility index (Phi) is 8.27. The lowest BCUT2D eigenvalue weighted by atomic mass is 9.73. The highest BCUT2D eigenvalue weighted by Crippen LogP contribution is 2.40. The molecule has 194 valence electrons. The van der Waals surface area contributed by atoms with Crippen molar-refractivity contribution in [1.82, 2.24) is 14.5 Å². The van der Waals surface area contributed by atoms with Crippen molar-refractivity contribution < 1.29 is 9.53 Å². The van der Waals surface area contributed by atoms with Crippen molar-refractivity contribution >= 4 is 5.91 Å². The van der Waals surface area contributed by atoms with Gasteiger partial charge in [-0.2, -0.15) is 5.26 Å². The van der Waals surface area contributed by atoms with Gasteiger partial charge < -0.3 is 25.7 Å². The molecule has 2 heterocycles. The molecule has 37 heavy (non-hydrogen) atoms. The molecule has 0 spiro atoms. The number of likely N-dealkylation sites (tertiary alicyclic amines) is 1. The smallest absolute Gasteiger partial charge is 0.233 e. The Balaban J connectivity index is 1.63. The summed E-state index contributed by atoms with van der Waals surface area (Å²) >= 11 is 0. The molecule has 0 radical (unpaired) electrons. The van der Waals surface area contributed by atoms with E-state index in [1.54, 1.807) is 18.6 Å². The van der Waals surface area contributed by atoms with E-state index in [-0.39, 0.29) is 11.9 Å². The summed E-state index contributed by atoms with van der Waals surface area (Å²) in [6.45, 7) is 3.82. The van der Waals surface area contributed by atoms with Crippen molar-refractivity contribution in [2.45, 2.75) is 50.5 Å². The molecule has 4 rings (SSSR count). The van der Waals surface area contributed by atoms with Gasteiger partial charge in [0.2, 0.25) is 5.91 Å². The van der Waals surface area contributed by atoms with Crippen molar-refractivity contribution in [3.8, 4) is 17.6 Å². The molecule has 1 amide bonds. The lowest BCUT2D eigenvalue weighted by Crippen LogP contribution is -2.47. The van der Waals surface area contributed by atoms with Crippen molar-refractivity contribution in [1.29, 1.82) is 5.26 Å². The lowest BCUT2D eigenvalue weighted by Gasteiger charge is -2.35. The Hall–Kier alpha value is -3.67. The molecular formula is C29H36N6O2. The van der Waals surface area contributed by atoms with Crippen LogP contribution in [-0.4, -0.2) is 40.0 Å². The number of aromatic nitrogens is 2. The second-order valence-corrected chi connectivity index (χ2v) is 9.78. The van der Waals surface area contributed by atoms with E-state index in [0.717, 1.165) is 42.6 Å². The first-order valence-corrected chi connectivity index (χ1v) is 12.9. The van der Waals surface area contributed by atoms with Gasteiger partial charge in [0.1, 0.15) is 17.6 Å². The van der Waals surface area contributed by atoms with E-state index in [1.807, 2.05) is 52.9 Å². The van der Waals surface area contributed by atoms with E-state index in [1.165, 1.54) is 0 Å². The molecule has 1 aromatic heterocycles. The van der Waals surface area contributed by atoms with E-state index in [9.17, 15) is 10.1 Å². The largest absolute Gasteiger partial charge is 0.456 e. The van der Waals surface area contributed by atoms with Gasteiger partial charge in [-0.1, -0.05) is 31.5 Å². The fraction of sp³-hybridized carbons (Fsp3) is 0.414. The molecule has 4 N–H and O–H groups in total. The molecule has 8 heteroatoms. The Morgan fingerprint density at radius 1 is 1.24 bits per heavy atom. The summed E-state index contributed by atoms with van der Waals surface area (Å²) in [6.07, 6.45) is 7.59. The first-order valence-electron chi connectivity index (χ1n) is 12.9. The number of hydrogen-bond donors (Lipinski definition) is 2. The molecule has 2 unspecified atom stereocenters. The molecular weight excluding hydrogens is 464 g/mol. The maximum absolute atomic E-state index is 13.7. The van der Waals surface area contributed by atoms with Gasteiger partial charge in [-0.25, -0.2) is 4.98 Å². The Morgan fingerprint density at radius 2 is 2.08 bits per heavy atom. The van der Waals surface area contributed by atoms with E-state index in [2.05, 4.69) is 18.0 Å². The number of amides is 1. The lowest BCUT2D eigenvalue weighted by molar-refractivity contribution is -0.137. The molecule has 2 atom stereocenters. The number of benzene rings is 2. The molecule has 8 nitrogen and oxygen atoms in total. The minimum atomic E-state index is -0.615. The van der Waals surface area contributed by atoms with Crippen molar-refractivity contribution in [2.75, 3.05) is 19.6 Å². The number of aryl methyl sites for hydroxylation is 1. The van der Waals surface area contributed by atoms with Crippen LogP contribution in [0.25, 0.3) is 0 Å². The van der Waals surface area contributed by atoms with Crippen LogP contribution in [0.5, 0.6) is 11.5 Å². The fourth-order valence-corrected chi connectivity index (χ4v) is 5.26. The Labute approximate surface area is 218 Å². The molecule has 1 fully saturated rings. The average molecular weight is 501 g/mol. The maximum atomic E-state index is 13.7. The summed E-state index contributed by atoms with van der Waals surface area (Å²) < 4.78 is 8.22. The van der Waals surface area contributed by atoms with Crippen LogP contribution < -0.4 is 16.2 Å². The summed E-state index contributed by atoms with van der Waals surface area (Å²) in [4.78, 5) is 19.8. The van der Waals surface area contributed by atoms with Gasteiger partial charge in [0.15, 0.2) is 0 Å². The van der Waals surface area contributed by atoms with E-state index < -0.39 is 5.41 Å². The topological polar surface area (TPSA) is 123 Å². The van der Waals surface area contributed by atoms with Gasteiger partial charge in [0.05, 0.1) is 17.3 Å². The number of carbonyl (C=O) groups is 1. The second-order valence-electron chi connectivity index (χ2n) is 9.78. The summed E-state index contributed by atoms with van der Waals surface area (Å²) in [6, 6.07) is 15.1. The highest BCUT2D eigenvalue weighted by Gasteiger charge is 2.42. The van der Waals surface area contributed by atoms with Crippen LogP contribution in [0.3, 0.4) is 0 Å². The van der Waals surface area contributed by atoms with Crippen LogP contribution in [0, 0.1) is 11.3 Å². The van der Waals surface area contributed by atoms with Gasteiger partial charge in [0.25, 0.3) is 0 Å². The number of carbonyl (C=O) groups excluding carboxylic acids is 1. The molecule has 1 saturated heterocycles. The van der Waals surface area contributed by atoms with Crippen molar-refractivity contribution in [3.63, 3.8) is 0 Å². The van der Waals surface area contributed by atoms with Crippen molar-refractivity contribution in [3.05, 3.63) is 77.4 Å². The third-order valence-corrected chi connectivity index (χ3v) is 7.49. The third kappa shape index (κ3) is 5.53. The van der Waals surface area contributed by atoms with Gasteiger partial charge in [-0.05, 0) is 54.7 Å². The van der Waals surface area contributed by atoms with Crippen LogP contribution in [0.15, 0.2) is 55.0 Å². The predicted molar refractivity (Wildman–Crippen MR) is 143 cm³/mol. The highest BCUT2D eigenvalue weighted by molar-refractivity contribution is 5.88. The first-order chi connectivity index (χ1) is 17.9. The van der Waals surface area contributed by atoms with Gasteiger partial charge >= 0.3 is 0 Å². The molecule has 1 aliphatic heterocycles. The zero-order valence-corrected chi connectivity index (χ0v) is 21.7. The average Bonchev–Trinajstić information content (AvgIpc) is 3.24. The van der Waals surface area contributed by atoms with Crippen LogP contribution >= 0.6 is 0 Å². The summed E-state index contributed by atoms with van der Waals surface area (Å²) in [5.41, 5.74) is 14.9. The quantitative estimate of drug-likeness (QED) is 0.459. The number of nitriles is 1. The normalized spacial score (nSPS) is 18.8. The number of hydrogen-bond acceptors (Lipinski definition) is 6. The molecule has 0 aliphatic carbocycles. The first kappa shape index (κ1) is 26.4. The molecule has 3 aromatic rings. The summed E-state index contributed by atoms with van der Waals surface area (Å²) in [5.74, 6) is 1.16. The second kappa shape index (κ2) is 11.6. The number of nitrogens with two attached hydrogens (primary N) is 2. The van der Waals surface area contributed by atoms with E-state index >= 15 is 0 Å². The fourth-order valence-electron chi connectivity index (χ4n) is 5.26.